The average molecular weight is 594 g/mol. The van der Waals surface area contributed by atoms with Crippen LogP contribution in [0, 0.1) is 0 Å². The van der Waals surface area contributed by atoms with Gasteiger partial charge in [0.15, 0.2) is 0 Å². The monoisotopic (exact) mass is 593 g/mol. The van der Waals surface area contributed by atoms with E-state index < -0.39 is 0 Å². The standard InChI is InChI=1S/C36H46N4.Co/c1-9-23-25(11-3)33-29(15-7)35-27(13-5)28(14-6)36(40-35)30(16-8)34-26(12-4)24(10-2)32(39-34)20-22-18-17-21(37-22)19-31(23)38-33;/h17-20,37-38H,9-16H2,1-8H3;. The Morgan fingerprint density at radius 1 is 0.488 bits per heavy atom. The molecule has 0 unspecified atom stereocenters. The predicted molar refractivity (Wildman–Crippen MR) is 173 cm³/mol. The Labute approximate surface area is 256 Å². The van der Waals surface area contributed by atoms with Gasteiger partial charge in [0.1, 0.15) is 0 Å². The molecule has 4 nitrogen and oxygen atoms in total. The van der Waals surface area contributed by atoms with Gasteiger partial charge in [-0.3, -0.25) is 0 Å². The van der Waals surface area contributed by atoms with Crippen LogP contribution in [0.15, 0.2) is 24.3 Å². The number of allylic oxidation sites excluding steroid dienone is 4. The summed E-state index contributed by atoms with van der Waals surface area (Å²) >= 11 is 0. The second-order valence-corrected chi connectivity index (χ2v) is 10.9. The topological polar surface area (TPSA) is 57.4 Å². The normalized spacial score (nSPS) is 13.3. The number of fused-ring (bicyclic) bond motifs is 8. The third-order valence-electron chi connectivity index (χ3n) is 8.91. The molecule has 3 aromatic rings. The zero-order chi connectivity index (χ0) is 28.6. The Morgan fingerprint density at radius 2 is 0.976 bits per heavy atom. The van der Waals surface area contributed by atoms with Crippen LogP contribution in [0.3, 0.4) is 0 Å². The third kappa shape index (κ3) is 5.16. The maximum absolute atomic E-state index is 5.57. The number of nitrogens with zero attached hydrogens (tertiary/aromatic N) is 2. The second-order valence-electron chi connectivity index (χ2n) is 10.9. The molecule has 0 spiro atoms. The maximum atomic E-state index is 5.57. The van der Waals surface area contributed by atoms with Crippen molar-refractivity contribution in [1.29, 1.82) is 0 Å². The Kier molecular flexibility index (Phi) is 9.81. The molecule has 0 aromatic carbocycles. The first-order valence-corrected chi connectivity index (χ1v) is 15.7. The molecule has 0 aliphatic carbocycles. The molecule has 2 aliphatic rings. The molecule has 5 heteroatoms. The third-order valence-corrected chi connectivity index (χ3v) is 8.91. The summed E-state index contributed by atoms with van der Waals surface area (Å²) in [6.45, 7) is 18.2. The molecular weight excluding hydrogens is 547 g/mol. The summed E-state index contributed by atoms with van der Waals surface area (Å²) < 4.78 is 0. The smallest absolute Gasteiger partial charge is 0.0726 e. The molecule has 2 aliphatic heterocycles. The number of rotatable bonds is 8. The first kappa shape index (κ1) is 31.1. The van der Waals surface area contributed by atoms with Gasteiger partial charge >= 0.3 is 0 Å². The molecule has 1 radical (unpaired) electrons. The number of aryl methyl sites for hydroxylation is 3. The summed E-state index contributed by atoms with van der Waals surface area (Å²) in [4.78, 5) is 18.5. The van der Waals surface area contributed by atoms with Crippen LogP contribution in [-0.2, 0) is 42.5 Å². The number of hydrogen-bond donors (Lipinski definition) is 2. The fourth-order valence-electron chi connectivity index (χ4n) is 7.07. The van der Waals surface area contributed by atoms with Gasteiger partial charge in [0, 0.05) is 50.0 Å². The molecule has 2 N–H and O–H groups in total. The second kappa shape index (κ2) is 13.0. The average Bonchev–Trinajstić information content (AvgIpc) is 3.73. The van der Waals surface area contributed by atoms with E-state index >= 15 is 0 Å². The van der Waals surface area contributed by atoms with Crippen LogP contribution in [0.5, 0.6) is 0 Å². The van der Waals surface area contributed by atoms with Crippen molar-refractivity contribution >= 4 is 44.4 Å². The summed E-state index contributed by atoms with van der Waals surface area (Å²) in [6, 6.07) is 8.89. The van der Waals surface area contributed by atoms with Crippen molar-refractivity contribution in [3.8, 4) is 0 Å². The molecule has 8 bridgehead atoms. The van der Waals surface area contributed by atoms with Gasteiger partial charge in [-0.25, -0.2) is 9.97 Å². The van der Waals surface area contributed by atoms with Crippen LogP contribution in [-0.4, -0.2) is 19.9 Å². The largest absolute Gasteiger partial charge is 0.355 e. The summed E-state index contributed by atoms with van der Waals surface area (Å²) in [5.41, 5.74) is 20.3. The van der Waals surface area contributed by atoms with E-state index in [1.54, 1.807) is 0 Å². The van der Waals surface area contributed by atoms with Gasteiger partial charge in [0.2, 0.25) is 0 Å². The number of H-pyrrole nitrogens is 2. The molecule has 41 heavy (non-hydrogen) atoms. The van der Waals surface area contributed by atoms with Gasteiger partial charge < -0.3 is 9.97 Å². The Bertz CT molecular complexity index is 1680. The minimum atomic E-state index is 0. The van der Waals surface area contributed by atoms with Gasteiger partial charge in [0.25, 0.3) is 0 Å². The van der Waals surface area contributed by atoms with E-state index in [2.05, 4.69) is 89.6 Å². The number of nitrogens with one attached hydrogen (secondary N) is 2. The SMILES string of the molecule is CCC1=C(CC)c2nc1cc1ccc(cc3[nH]c(c(CC)c4nc(c2CC)C(CC)=C4CC)c(CC)c3CC)[nH]1.[Co]. The molecule has 5 heterocycles. The van der Waals surface area contributed by atoms with E-state index in [9.17, 15) is 0 Å². The van der Waals surface area contributed by atoms with E-state index in [0.717, 1.165) is 73.8 Å². The van der Waals surface area contributed by atoms with Gasteiger partial charge in [0.05, 0.1) is 22.8 Å². The molecule has 0 saturated carbocycles. The Hall–Kier alpha value is -2.89. The summed E-state index contributed by atoms with van der Waals surface area (Å²) in [7, 11) is 0. The molecule has 0 atom stereocenters. The van der Waals surface area contributed by atoms with Crippen LogP contribution >= 0.6 is 0 Å². The van der Waals surface area contributed by atoms with Crippen molar-refractivity contribution < 1.29 is 16.8 Å². The zero-order valence-electron chi connectivity index (χ0n) is 26.2. The van der Waals surface area contributed by atoms with E-state index in [0.29, 0.717) is 0 Å². The molecule has 0 saturated heterocycles. The fraction of sp³-hybridized carbons (Fsp3) is 0.444. The maximum Gasteiger partial charge on any atom is 0.0726 e. The Morgan fingerprint density at radius 3 is 1.51 bits per heavy atom. The number of aromatic amines is 2. The number of aromatic nitrogens is 4. The van der Waals surface area contributed by atoms with Crippen LogP contribution in [0.4, 0.5) is 0 Å². The van der Waals surface area contributed by atoms with Crippen LogP contribution < -0.4 is 0 Å². The summed E-state index contributed by atoms with van der Waals surface area (Å²) in [6.07, 6.45) is 7.74. The summed E-state index contributed by atoms with van der Waals surface area (Å²) in [5.74, 6) is 0. The molecular formula is C36H46CoN4. The van der Waals surface area contributed by atoms with Crippen LogP contribution in [0.1, 0.15) is 126 Å². The molecule has 0 fully saturated rings. The first-order valence-electron chi connectivity index (χ1n) is 15.7. The zero-order valence-corrected chi connectivity index (χ0v) is 27.2. The van der Waals surface area contributed by atoms with Crippen molar-refractivity contribution in [2.45, 2.75) is 107 Å². The van der Waals surface area contributed by atoms with Crippen LogP contribution in [0.2, 0.25) is 0 Å². The molecule has 219 valence electrons. The summed E-state index contributed by atoms with van der Waals surface area (Å²) in [5, 5.41) is 0. The molecule has 3 aromatic heterocycles. The Balaban J connectivity index is 0.00000387. The van der Waals surface area contributed by atoms with Crippen molar-refractivity contribution in [3.63, 3.8) is 0 Å². The van der Waals surface area contributed by atoms with E-state index in [-0.39, 0.29) is 16.8 Å². The molecule has 5 rings (SSSR count). The van der Waals surface area contributed by atoms with Crippen molar-refractivity contribution in [3.05, 3.63) is 69.3 Å². The van der Waals surface area contributed by atoms with Crippen molar-refractivity contribution in [1.82, 2.24) is 19.9 Å². The van der Waals surface area contributed by atoms with Gasteiger partial charge in [-0.1, -0.05) is 55.4 Å². The van der Waals surface area contributed by atoms with Gasteiger partial charge in [-0.05, 0) is 109 Å². The van der Waals surface area contributed by atoms with Gasteiger partial charge in [-0.2, -0.15) is 0 Å². The number of hydrogen-bond acceptors (Lipinski definition) is 2. The van der Waals surface area contributed by atoms with E-state index in [4.69, 9.17) is 9.97 Å². The van der Waals surface area contributed by atoms with Crippen molar-refractivity contribution in [2.24, 2.45) is 0 Å². The minimum Gasteiger partial charge on any atom is -0.355 e. The van der Waals surface area contributed by atoms with E-state index in [1.807, 2.05) is 0 Å². The quantitative estimate of drug-likeness (QED) is 0.273. The molecule has 0 amide bonds. The minimum absolute atomic E-state index is 0. The van der Waals surface area contributed by atoms with Crippen molar-refractivity contribution in [2.75, 3.05) is 0 Å². The predicted octanol–water partition coefficient (Wildman–Crippen LogP) is 10.0. The fourth-order valence-corrected chi connectivity index (χ4v) is 7.07. The van der Waals surface area contributed by atoms with E-state index in [1.165, 1.54) is 67.0 Å². The van der Waals surface area contributed by atoms with Gasteiger partial charge in [-0.15, -0.1) is 0 Å². The van der Waals surface area contributed by atoms with Crippen LogP contribution in [0.25, 0.3) is 44.4 Å². The first-order chi connectivity index (χ1) is 19.5.